The van der Waals surface area contributed by atoms with Crippen molar-refractivity contribution >= 4 is 17.6 Å². The number of aliphatic imine (C=N–C) groups is 1. The first-order valence-corrected chi connectivity index (χ1v) is 9.83. The number of ether oxygens (including phenoxy) is 2. The summed E-state index contributed by atoms with van der Waals surface area (Å²) in [4.78, 5) is 16.5. The molecule has 0 saturated heterocycles. The van der Waals surface area contributed by atoms with E-state index in [0.29, 0.717) is 50.1 Å². The van der Waals surface area contributed by atoms with Crippen LogP contribution in [-0.4, -0.2) is 38.7 Å². The van der Waals surface area contributed by atoms with E-state index >= 15 is 0 Å². The molecule has 0 fully saturated rings. The van der Waals surface area contributed by atoms with Gasteiger partial charge in [0.15, 0.2) is 17.5 Å². The summed E-state index contributed by atoms with van der Waals surface area (Å²) in [6, 6.07) is 15.4. The monoisotopic (exact) mass is 398 g/mol. The highest BCUT2D eigenvalue weighted by molar-refractivity contribution is 5.94. The average molecular weight is 399 g/mol. The van der Waals surface area contributed by atoms with Crippen molar-refractivity contribution in [2.75, 3.05) is 32.1 Å². The smallest absolute Gasteiger partial charge is 0.222 e. The van der Waals surface area contributed by atoms with Crippen LogP contribution >= 0.6 is 0 Å². The molecule has 0 atom stereocenters. The van der Waals surface area contributed by atoms with Crippen LogP contribution in [-0.2, 0) is 11.3 Å². The van der Waals surface area contributed by atoms with E-state index in [-0.39, 0.29) is 5.91 Å². The van der Waals surface area contributed by atoms with Gasteiger partial charge >= 0.3 is 0 Å². The highest BCUT2D eigenvalue weighted by atomic mass is 16.5. The molecule has 7 nitrogen and oxygen atoms in total. The van der Waals surface area contributed by atoms with Crippen molar-refractivity contribution < 1.29 is 14.3 Å². The van der Waals surface area contributed by atoms with Gasteiger partial charge in [0.1, 0.15) is 0 Å². The van der Waals surface area contributed by atoms with E-state index in [1.165, 1.54) is 0 Å². The lowest BCUT2D eigenvalue weighted by molar-refractivity contribution is -0.121. The van der Waals surface area contributed by atoms with E-state index in [9.17, 15) is 4.79 Å². The number of benzene rings is 2. The van der Waals surface area contributed by atoms with E-state index in [1.807, 2.05) is 62.4 Å². The Morgan fingerprint density at radius 3 is 2.52 bits per heavy atom. The van der Waals surface area contributed by atoms with Crippen LogP contribution in [0.4, 0.5) is 5.69 Å². The fourth-order valence-electron chi connectivity index (χ4n) is 2.62. The lowest BCUT2D eigenvalue weighted by Crippen LogP contribution is -2.31. The van der Waals surface area contributed by atoms with Gasteiger partial charge in [0.05, 0.1) is 20.3 Å². The normalized spacial score (nSPS) is 10.9. The Kier molecular flexibility index (Phi) is 9.35. The zero-order valence-electron chi connectivity index (χ0n) is 17.3. The predicted octanol–water partition coefficient (Wildman–Crippen LogP) is 3.18. The molecule has 29 heavy (non-hydrogen) atoms. The second-order valence-electron chi connectivity index (χ2n) is 6.20. The van der Waals surface area contributed by atoms with E-state index in [0.717, 1.165) is 11.3 Å². The molecule has 0 aliphatic carbocycles. The van der Waals surface area contributed by atoms with Gasteiger partial charge in [-0.1, -0.05) is 30.3 Å². The van der Waals surface area contributed by atoms with Gasteiger partial charge in [-0.3, -0.25) is 9.79 Å². The number of nitrogens with one attached hydrogen (secondary N) is 3. The zero-order valence-corrected chi connectivity index (χ0v) is 17.3. The number of methoxy groups -OCH3 is 1. The Morgan fingerprint density at radius 1 is 1.03 bits per heavy atom. The van der Waals surface area contributed by atoms with Crippen molar-refractivity contribution in [3.63, 3.8) is 0 Å². The Hall–Kier alpha value is -3.22. The van der Waals surface area contributed by atoms with Gasteiger partial charge in [0.25, 0.3) is 0 Å². The summed E-state index contributed by atoms with van der Waals surface area (Å²) in [6.45, 7) is 6.07. The molecular formula is C22H30N4O3. The van der Waals surface area contributed by atoms with Crippen LogP contribution in [0.3, 0.4) is 0 Å². The predicted molar refractivity (Wildman–Crippen MR) is 117 cm³/mol. The number of guanidine groups is 1. The van der Waals surface area contributed by atoms with Crippen molar-refractivity contribution in [1.29, 1.82) is 0 Å². The van der Waals surface area contributed by atoms with Gasteiger partial charge in [0, 0.05) is 31.3 Å². The SMILES string of the molecule is CCNC(=NCCC(=O)NCc1ccccc1)Nc1ccc(OC)c(OCC)c1. The minimum Gasteiger partial charge on any atom is -0.493 e. The molecule has 0 spiro atoms. The maximum Gasteiger partial charge on any atom is 0.222 e. The number of amides is 1. The average Bonchev–Trinajstić information content (AvgIpc) is 2.73. The van der Waals surface area contributed by atoms with Crippen LogP contribution in [0, 0.1) is 0 Å². The number of carbonyl (C=O) groups excluding carboxylic acids is 1. The summed E-state index contributed by atoms with van der Waals surface area (Å²) in [7, 11) is 1.61. The molecule has 7 heteroatoms. The molecule has 0 saturated carbocycles. The highest BCUT2D eigenvalue weighted by Gasteiger charge is 2.07. The van der Waals surface area contributed by atoms with E-state index in [4.69, 9.17) is 9.47 Å². The lowest BCUT2D eigenvalue weighted by atomic mass is 10.2. The molecule has 0 heterocycles. The molecule has 156 valence electrons. The second-order valence-corrected chi connectivity index (χ2v) is 6.20. The quantitative estimate of drug-likeness (QED) is 0.423. The Bertz CT molecular complexity index is 794. The fourth-order valence-corrected chi connectivity index (χ4v) is 2.62. The minimum absolute atomic E-state index is 0.0310. The van der Waals surface area contributed by atoms with Gasteiger partial charge in [0.2, 0.25) is 5.91 Å². The van der Waals surface area contributed by atoms with Crippen LogP contribution in [0.5, 0.6) is 11.5 Å². The third-order valence-electron chi connectivity index (χ3n) is 4.01. The standard InChI is InChI=1S/C22H30N4O3/c1-4-23-22(26-18-11-12-19(28-3)20(15-18)29-5-2)24-14-13-21(27)25-16-17-9-7-6-8-10-17/h6-12,15H,4-5,13-14,16H2,1-3H3,(H,25,27)(H2,23,24,26). The summed E-state index contributed by atoms with van der Waals surface area (Å²) >= 11 is 0. The number of rotatable bonds is 10. The minimum atomic E-state index is -0.0310. The molecule has 2 aromatic rings. The first-order valence-electron chi connectivity index (χ1n) is 9.83. The molecule has 0 radical (unpaired) electrons. The third-order valence-corrected chi connectivity index (χ3v) is 4.01. The zero-order chi connectivity index (χ0) is 20.9. The maximum absolute atomic E-state index is 12.0. The number of hydrogen-bond donors (Lipinski definition) is 3. The summed E-state index contributed by atoms with van der Waals surface area (Å²) in [6.07, 6.45) is 0.316. The van der Waals surface area contributed by atoms with Crippen LogP contribution in [0.2, 0.25) is 0 Å². The molecule has 1 amide bonds. The van der Waals surface area contributed by atoms with Gasteiger partial charge in [-0.2, -0.15) is 0 Å². The van der Waals surface area contributed by atoms with Crippen LogP contribution in [0.1, 0.15) is 25.8 Å². The summed E-state index contributed by atoms with van der Waals surface area (Å²) in [5, 5.41) is 9.32. The Labute approximate surface area is 172 Å². The van der Waals surface area contributed by atoms with Crippen LogP contribution < -0.4 is 25.4 Å². The first-order chi connectivity index (χ1) is 14.2. The molecular weight excluding hydrogens is 368 g/mol. The molecule has 0 aliphatic rings. The number of hydrogen-bond acceptors (Lipinski definition) is 4. The first kappa shape index (κ1) is 22.1. The third kappa shape index (κ3) is 7.73. The summed E-state index contributed by atoms with van der Waals surface area (Å²) in [5.41, 5.74) is 1.89. The molecule has 2 aromatic carbocycles. The van der Waals surface area contributed by atoms with Crippen LogP contribution in [0.15, 0.2) is 53.5 Å². The Balaban J connectivity index is 1.90. The Morgan fingerprint density at radius 2 is 1.83 bits per heavy atom. The maximum atomic E-state index is 12.0. The van der Waals surface area contributed by atoms with Crippen molar-refractivity contribution in [2.24, 2.45) is 4.99 Å². The summed E-state index contributed by atoms with van der Waals surface area (Å²) < 4.78 is 10.9. The number of anilines is 1. The molecule has 3 N–H and O–H groups in total. The summed E-state index contributed by atoms with van der Waals surface area (Å²) in [5.74, 6) is 1.91. The molecule has 2 rings (SSSR count). The van der Waals surface area contributed by atoms with Gasteiger partial charge in [-0.05, 0) is 31.5 Å². The van der Waals surface area contributed by atoms with E-state index in [1.54, 1.807) is 7.11 Å². The molecule has 0 aromatic heterocycles. The van der Waals surface area contributed by atoms with Crippen LogP contribution in [0.25, 0.3) is 0 Å². The molecule has 0 unspecified atom stereocenters. The molecule has 0 bridgehead atoms. The van der Waals surface area contributed by atoms with E-state index in [2.05, 4.69) is 20.9 Å². The van der Waals surface area contributed by atoms with Crippen molar-refractivity contribution in [3.05, 3.63) is 54.1 Å². The second kappa shape index (κ2) is 12.3. The van der Waals surface area contributed by atoms with Crippen molar-refractivity contribution in [3.8, 4) is 11.5 Å². The number of nitrogens with zero attached hydrogens (tertiary/aromatic N) is 1. The van der Waals surface area contributed by atoms with Gasteiger partial charge < -0.3 is 25.4 Å². The topological polar surface area (TPSA) is 84.0 Å². The highest BCUT2D eigenvalue weighted by Crippen LogP contribution is 2.30. The fraction of sp³-hybridized carbons (Fsp3) is 0.364. The number of carbonyl (C=O) groups is 1. The largest absolute Gasteiger partial charge is 0.493 e. The molecule has 0 aliphatic heterocycles. The van der Waals surface area contributed by atoms with Gasteiger partial charge in [-0.15, -0.1) is 0 Å². The van der Waals surface area contributed by atoms with Crippen molar-refractivity contribution in [2.45, 2.75) is 26.8 Å². The van der Waals surface area contributed by atoms with Crippen molar-refractivity contribution in [1.82, 2.24) is 10.6 Å². The lowest BCUT2D eigenvalue weighted by Gasteiger charge is -2.14. The van der Waals surface area contributed by atoms with E-state index < -0.39 is 0 Å². The van der Waals surface area contributed by atoms with Gasteiger partial charge in [-0.25, -0.2) is 0 Å².